The van der Waals surface area contributed by atoms with Crippen LogP contribution < -0.4 is 5.32 Å². The Morgan fingerprint density at radius 1 is 0.388 bits per heavy atom. The Bertz CT molecular complexity index is 2030. The van der Waals surface area contributed by atoms with Gasteiger partial charge >= 0.3 is 17.9 Å². The van der Waals surface area contributed by atoms with Crippen LogP contribution >= 0.6 is 0 Å². The zero-order valence-electron chi connectivity index (χ0n) is 49.4. The smallest absolute Gasteiger partial charge is 0.317 e. The second-order valence-electron chi connectivity index (χ2n) is 19.5. The molecule has 1 amide bonds. The largest absolute Gasteiger partial charge is 0.480 e. The number of carboxylic acids is 3. The minimum absolute atomic E-state index is 0.0246. The molecule has 3 rings (SSSR count). The summed E-state index contributed by atoms with van der Waals surface area (Å²) < 4.78 is 60.8. The van der Waals surface area contributed by atoms with Gasteiger partial charge in [0.05, 0.1) is 165 Å². The lowest BCUT2D eigenvalue weighted by atomic mass is 10.0. The molecule has 0 aliphatic carbocycles. The molecule has 0 atom stereocenters. The number of carbonyl (C=O) groups is 6. The lowest BCUT2D eigenvalue weighted by molar-refractivity contribution is -0.140. The van der Waals surface area contributed by atoms with Gasteiger partial charge in [0, 0.05) is 96.8 Å². The number of aromatic nitrogens is 4. The van der Waals surface area contributed by atoms with Crippen molar-refractivity contribution in [3.05, 3.63) is 36.2 Å². The lowest BCUT2D eigenvalue weighted by Gasteiger charge is -2.32. The molecule has 482 valence electrons. The Morgan fingerprint density at radius 2 is 0.694 bits per heavy atom. The van der Waals surface area contributed by atoms with Crippen LogP contribution in [0.1, 0.15) is 44.1 Å². The van der Waals surface area contributed by atoms with Gasteiger partial charge in [0.15, 0.2) is 6.33 Å². The third-order valence-corrected chi connectivity index (χ3v) is 12.6. The summed E-state index contributed by atoms with van der Waals surface area (Å²) in [6.45, 7) is 11.3. The van der Waals surface area contributed by atoms with Crippen molar-refractivity contribution >= 4 is 35.4 Å². The van der Waals surface area contributed by atoms with Gasteiger partial charge in [0.2, 0.25) is 11.7 Å². The first-order chi connectivity index (χ1) is 41.5. The normalized spacial score (nSPS) is 14.2. The zero-order chi connectivity index (χ0) is 61.1. The zero-order valence-corrected chi connectivity index (χ0v) is 49.4. The highest BCUT2D eigenvalue weighted by Crippen LogP contribution is 2.16. The monoisotopic (exact) mass is 1210 g/mol. The van der Waals surface area contributed by atoms with E-state index in [0.717, 1.165) is 11.1 Å². The number of aliphatic carboxylic acids is 3. The van der Waals surface area contributed by atoms with E-state index in [2.05, 4.69) is 25.7 Å². The van der Waals surface area contributed by atoms with Crippen LogP contribution in [0.3, 0.4) is 0 Å². The predicted octanol–water partition coefficient (Wildman–Crippen LogP) is -0.271. The van der Waals surface area contributed by atoms with Gasteiger partial charge < -0.3 is 72.7 Å². The molecule has 4 N–H and O–H groups in total. The predicted molar refractivity (Wildman–Crippen MR) is 305 cm³/mol. The number of aryl methyl sites for hydroxylation is 1. The topological polar surface area (TPSA) is 341 Å². The number of ketones is 2. The number of rotatable bonds is 53. The van der Waals surface area contributed by atoms with Crippen molar-refractivity contribution in [3.63, 3.8) is 0 Å². The van der Waals surface area contributed by atoms with Crippen LogP contribution in [0.5, 0.6) is 0 Å². The molecule has 2 heterocycles. The van der Waals surface area contributed by atoms with Gasteiger partial charge in [-0.1, -0.05) is 24.3 Å². The maximum Gasteiger partial charge on any atom is 0.317 e. The third kappa shape index (κ3) is 43.1. The number of nitrogens with one attached hydrogen (secondary N) is 1. The molecule has 0 saturated carbocycles. The standard InChI is InChI=1S/C56H93N9O20/c66-50(3-1-4-51(67)11-8-48-6-9-49(10-7-48)56-60-58-47-59-61-56)5-2-21-75-23-25-77-27-29-79-31-33-81-35-37-83-39-41-85-42-40-84-38-36-82-34-32-80-30-28-78-26-24-76-22-12-57-52(68)43-62-13-15-63(44-53(69)70)17-19-65(46-55(73)74)20-18-64(16-14-62)45-54(71)72/h6-7,9-10,47H,1-5,8,11-46H2,(H,57,68)(H,69,70)(H,71,72)(H,73,74). The third-order valence-electron chi connectivity index (χ3n) is 12.6. The maximum absolute atomic E-state index is 12.8. The summed E-state index contributed by atoms with van der Waals surface area (Å²) in [5.41, 5.74) is 1.86. The fourth-order valence-corrected chi connectivity index (χ4v) is 8.14. The summed E-state index contributed by atoms with van der Waals surface area (Å²) in [7, 11) is 0. The SMILES string of the molecule is O=C(O)CN1CCN(CC(=O)O)CCN(CC(=O)NCCOCCOCCOCCOCCOCCOCCOCCOCCOCCOCCOCCCC(=O)CCCC(=O)CCc2ccc(-c3nncnn3)cc2)CCN(CC(=O)O)CC1. The Balaban J connectivity index is 0.977. The minimum Gasteiger partial charge on any atom is -0.480 e. The second kappa shape index (κ2) is 50.9. The number of nitrogens with zero attached hydrogens (tertiary/aromatic N) is 8. The average molecular weight is 1210 g/mol. The van der Waals surface area contributed by atoms with Crippen LogP contribution in [-0.2, 0) is 87.3 Å². The molecule has 1 aromatic carbocycles. The van der Waals surface area contributed by atoms with E-state index in [4.69, 9.17) is 52.1 Å². The Hall–Kier alpha value is -5.22. The molecule has 29 heteroatoms. The first-order valence-corrected chi connectivity index (χ1v) is 29.3. The van der Waals surface area contributed by atoms with Gasteiger partial charge in [-0.2, -0.15) is 0 Å². The van der Waals surface area contributed by atoms with Crippen molar-refractivity contribution in [2.24, 2.45) is 0 Å². The molecule has 29 nitrogen and oxygen atoms in total. The van der Waals surface area contributed by atoms with Gasteiger partial charge in [-0.25, -0.2) is 0 Å². The summed E-state index contributed by atoms with van der Waals surface area (Å²) >= 11 is 0. The molecule has 2 aromatic rings. The molecule has 1 aromatic heterocycles. The molecular weight excluding hydrogens is 1120 g/mol. The second-order valence-corrected chi connectivity index (χ2v) is 19.5. The first-order valence-electron chi connectivity index (χ1n) is 29.3. The highest BCUT2D eigenvalue weighted by Gasteiger charge is 2.21. The van der Waals surface area contributed by atoms with Gasteiger partial charge in [-0.15, -0.1) is 20.4 Å². The lowest BCUT2D eigenvalue weighted by Crippen LogP contribution is -2.50. The fraction of sp³-hybridized carbons (Fsp3) is 0.750. The highest BCUT2D eigenvalue weighted by atomic mass is 16.6. The number of carbonyl (C=O) groups excluding carboxylic acids is 3. The van der Waals surface area contributed by atoms with Crippen LogP contribution in [0.25, 0.3) is 11.4 Å². The van der Waals surface area contributed by atoms with E-state index in [1.807, 2.05) is 29.2 Å². The van der Waals surface area contributed by atoms with Crippen molar-refractivity contribution in [1.29, 1.82) is 0 Å². The fourth-order valence-electron chi connectivity index (χ4n) is 8.14. The number of carboxylic acid groups (broad SMARTS) is 3. The van der Waals surface area contributed by atoms with E-state index in [0.29, 0.717) is 242 Å². The van der Waals surface area contributed by atoms with Gasteiger partial charge in [-0.3, -0.25) is 48.4 Å². The van der Waals surface area contributed by atoms with Gasteiger partial charge in [-0.05, 0) is 24.8 Å². The van der Waals surface area contributed by atoms with Crippen LogP contribution in [0.15, 0.2) is 30.6 Å². The first kappa shape index (κ1) is 74.0. The molecule has 1 fully saturated rings. The summed E-state index contributed by atoms with van der Waals surface area (Å²) in [6.07, 6.45) is 4.78. The molecule has 0 bridgehead atoms. The van der Waals surface area contributed by atoms with E-state index >= 15 is 0 Å². The van der Waals surface area contributed by atoms with Crippen LogP contribution in [0, 0.1) is 0 Å². The summed E-state index contributed by atoms with van der Waals surface area (Å²) in [4.78, 5) is 78.7. The van der Waals surface area contributed by atoms with Crippen LogP contribution in [0.4, 0.5) is 0 Å². The molecular formula is C56H93N9O20. The van der Waals surface area contributed by atoms with Crippen molar-refractivity contribution in [2.75, 3.05) is 230 Å². The van der Waals surface area contributed by atoms with E-state index in [-0.39, 0.29) is 56.8 Å². The molecule has 85 heavy (non-hydrogen) atoms. The molecule has 1 aliphatic heterocycles. The number of Topliss-reactive ketones (excluding diaryl/α,β-unsaturated/α-hetero) is 2. The number of hydrogen-bond acceptors (Lipinski definition) is 25. The molecule has 1 aliphatic rings. The van der Waals surface area contributed by atoms with Crippen molar-refractivity contribution < 1.29 is 96.2 Å². The number of amides is 1. The van der Waals surface area contributed by atoms with E-state index in [1.165, 1.54) is 6.33 Å². The number of benzene rings is 1. The molecule has 0 radical (unpaired) electrons. The molecule has 0 spiro atoms. The molecule has 0 unspecified atom stereocenters. The number of ether oxygens (including phenoxy) is 11. The van der Waals surface area contributed by atoms with Crippen molar-refractivity contribution in [2.45, 2.75) is 44.9 Å². The Morgan fingerprint density at radius 3 is 1.05 bits per heavy atom. The van der Waals surface area contributed by atoms with Gasteiger partial charge in [0.25, 0.3) is 0 Å². The van der Waals surface area contributed by atoms with Gasteiger partial charge in [0.1, 0.15) is 11.6 Å². The summed E-state index contributed by atoms with van der Waals surface area (Å²) in [5, 5.41) is 46.4. The van der Waals surface area contributed by atoms with E-state index in [9.17, 15) is 44.1 Å². The summed E-state index contributed by atoms with van der Waals surface area (Å²) in [6, 6.07) is 7.66. The maximum atomic E-state index is 12.8. The Kier molecular flexibility index (Phi) is 44.3. The van der Waals surface area contributed by atoms with Crippen LogP contribution in [0.2, 0.25) is 0 Å². The average Bonchev–Trinajstić information content (AvgIpc) is 3.53. The molecule has 1 saturated heterocycles. The number of hydrogen-bond donors (Lipinski definition) is 4. The Labute approximate surface area is 498 Å². The van der Waals surface area contributed by atoms with E-state index < -0.39 is 17.9 Å². The van der Waals surface area contributed by atoms with Crippen LogP contribution in [-0.4, -0.2) is 321 Å². The van der Waals surface area contributed by atoms with Crippen molar-refractivity contribution in [1.82, 2.24) is 45.3 Å². The quantitative estimate of drug-likeness (QED) is 0.0619. The summed E-state index contributed by atoms with van der Waals surface area (Å²) in [5.74, 6) is -2.57. The van der Waals surface area contributed by atoms with E-state index in [1.54, 1.807) is 14.7 Å². The minimum atomic E-state index is -1.03. The van der Waals surface area contributed by atoms with Crippen molar-refractivity contribution in [3.8, 4) is 11.4 Å². The highest BCUT2D eigenvalue weighted by molar-refractivity contribution is 5.81.